The number of halogens is 10. The molecule has 5 aliphatic rings. The SMILES string of the molecule is Cc1nc([C@H]2O[C@H]3CO[C@@H](c4ccccc4)O[C@H]3[C@@H](n3cc(-c4cc(F)c(Cl)c(F)c4)nn3)[C@@H]2OCC(=O)N2CCCN(C(=O)CO[C@@H]3[C@@H](n4cc(-c5cc(F)c(Cl)c(F)c5)nn4)[C@H]4O[C@@H](c5ccccc5)OC[C@H]4O[C@H]3c3nc(C)nn3-c3cc(Cl)ccc3Cl)CC2)n(-c2cc(Cl)ccc2Cl)n1. The Morgan fingerprint density at radius 2 is 0.913 bits per heavy atom. The van der Waals surface area contributed by atoms with Crippen LogP contribution in [0.25, 0.3) is 33.9 Å². The van der Waals surface area contributed by atoms with Crippen molar-refractivity contribution >= 4 is 81.4 Å². The van der Waals surface area contributed by atoms with Crippen molar-refractivity contribution in [1.29, 1.82) is 0 Å². The zero-order valence-electron chi connectivity index (χ0n) is 54.1. The number of carbonyl (C=O) groups is 2. The van der Waals surface area contributed by atoms with Crippen LogP contribution in [0.5, 0.6) is 0 Å². The first-order valence-corrected chi connectivity index (χ1v) is 34.7. The maximum absolute atomic E-state index is 15.1. The van der Waals surface area contributed by atoms with Crippen molar-refractivity contribution in [3.8, 4) is 33.9 Å². The number of rotatable bonds is 16. The van der Waals surface area contributed by atoms with Gasteiger partial charge < -0.3 is 47.7 Å². The van der Waals surface area contributed by atoms with E-state index < -0.39 is 132 Å². The maximum atomic E-state index is 15.1. The molecule has 5 fully saturated rings. The van der Waals surface area contributed by atoms with Gasteiger partial charge in [-0.1, -0.05) is 141 Å². The molecule has 0 radical (unpaired) electrons. The van der Waals surface area contributed by atoms with Crippen LogP contribution < -0.4 is 0 Å². The predicted molar refractivity (Wildman–Crippen MR) is 364 cm³/mol. The number of ether oxygens (including phenoxy) is 8. The second-order valence-corrected chi connectivity index (χ2v) is 27.4. The summed E-state index contributed by atoms with van der Waals surface area (Å²) in [5.41, 5.74) is 2.17. The lowest BCUT2D eigenvalue weighted by atomic mass is 9.90. The van der Waals surface area contributed by atoms with Gasteiger partial charge in [0.2, 0.25) is 11.8 Å². The Hall–Kier alpha value is -8.04. The van der Waals surface area contributed by atoms with Crippen molar-refractivity contribution < 1.29 is 65.0 Å². The zero-order valence-corrected chi connectivity index (χ0v) is 58.7. The highest BCUT2D eigenvalue weighted by Gasteiger charge is 2.56. The molecule has 6 aromatic carbocycles. The van der Waals surface area contributed by atoms with E-state index in [1.54, 1.807) is 60.0 Å². The van der Waals surface area contributed by atoms with Crippen LogP contribution in [0, 0.1) is 37.1 Å². The Morgan fingerprint density at radius 1 is 0.515 bits per heavy atom. The summed E-state index contributed by atoms with van der Waals surface area (Å²) in [5, 5.41) is 27.0. The van der Waals surface area contributed by atoms with E-state index in [-0.39, 0.29) is 83.6 Å². The van der Waals surface area contributed by atoms with E-state index in [0.717, 1.165) is 24.3 Å². The molecular formula is C69H58Cl6F4N14O10. The topological polar surface area (TPSA) is 237 Å². The van der Waals surface area contributed by atoms with Gasteiger partial charge in [-0.05, 0) is 80.9 Å². The highest BCUT2D eigenvalue weighted by molar-refractivity contribution is 6.35. The van der Waals surface area contributed by atoms with Crippen molar-refractivity contribution in [2.24, 2.45) is 0 Å². The molecule has 2 amide bonds. The van der Waals surface area contributed by atoms with E-state index in [1.807, 2.05) is 60.7 Å². The van der Waals surface area contributed by atoms with E-state index >= 15 is 27.2 Å². The van der Waals surface area contributed by atoms with E-state index in [0.29, 0.717) is 50.6 Å². The number of aryl methyl sites for hydroxylation is 2. The minimum atomic E-state index is -1.27. The molecule has 24 nitrogen and oxygen atoms in total. The number of fused-ring (bicyclic) bond motifs is 2. The number of aromatic nitrogens is 12. The number of nitrogens with zero attached hydrogens (tertiary/aromatic N) is 14. The molecule has 0 N–H and O–H groups in total. The normalized spacial score (nSPS) is 24.4. The second-order valence-electron chi connectivity index (χ2n) is 24.9. The van der Waals surface area contributed by atoms with Gasteiger partial charge in [0.25, 0.3) is 0 Å². The monoisotopic (exact) mass is 1530 g/mol. The Balaban J connectivity index is 0.732. The van der Waals surface area contributed by atoms with Crippen LogP contribution in [0.3, 0.4) is 0 Å². The molecule has 4 aromatic heterocycles. The molecule has 0 unspecified atom stereocenters. The minimum Gasteiger partial charge on any atom is -0.363 e. The fourth-order valence-corrected chi connectivity index (χ4v) is 14.4. The van der Waals surface area contributed by atoms with Gasteiger partial charge in [-0.3, -0.25) is 9.59 Å². The number of benzene rings is 6. The molecule has 0 saturated carbocycles. The third kappa shape index (κ3) is 14.4. The number of carbonyl (C=O) groups excluding carboxylic acids is 2. The highest BCUT2D eigenvalue weighted by atomic mass is 35.5. The summed E-state index contributed by atoms with van der Waals surface area (Å²) in [7, 11) is 0. The average Bonchev–Trinajstić information content (AvgIpc) is 1.73. The number of hydrogen-bond acceptors (Lipinski definition) is 18. The van der Waals surface area contributed by atoms with Crippen LogP contribution in [0.4, 0.5) is 17.6 Å². The fourth-order valence-electron chi connectivity index (χ4n) is 13.5. The zero-order chi connectivity index (χ0) is 71.5. The molecule has 5 aliphatic heterocycles. The Bertz CT molecular complexity index is 4480. The van der Waals surface area contributed by atoms with Crippen LogP contribution in [0.1, 0.15) is 77.7 Å². The smallest absolute Gasteiger partial charge is 0.248 e. The minimum absolute atomic E-state index is 0.0164. The highest BCUT2D eigenvalue weighted by Crippen LogP contribution is 2.49. The summed E-state index contributed by atoms with van der Waals surface area (Å²) < 4.78 is 120. The van der Waals surface area contributed by atoms with Gasteiger partial charge >= 0.3 is 0 Å². The average molecular weight is 1530 g/mol. The molecule has 12 atom stereocenters. The molecule has 10 aromatic rings. The van der Waals surface area contributed by atoms with E-state index in [2.05, 4.69) is 20.6 Å². The van der Waals surface area contributed by atoms with Gasteiger partial charge in [0.1, 0.15) is 130 Å². The van der Waals surface area contributed by atoms with E-state index in [1.165, 1.54) is 31.1 Å². The summed E-state index contributed by atoms with van der Waals surface area (Å²) >= 11 is 38.7. The van der Waals surface area contributed by atoms with Crippen molar-refractivity contribution in [1.82, 2.24) is 69.3 Å². The third-order valence-electron chi connectivity index (χ3n) is 18.3. The quantitative estimate of drug-likeness (QED) is 0.0645. The number of amides is 2. The molecule has 5 saturated heterocycles. The summed E-state index contributed by atoms with van der Waals surface area (Å²) in [6.07, 6.45) is -7.39. The molecule has 0 bridgehead atoms. The van der Waals surface area contributed by atoms with Gasteiger partial charge in [0.05, 0.1) is 47.0 Å². The molecular weight excluding hydrogens is 1470 g/mol. The molecule has 34 heteroatoms. The van der Waals surface area contributed by atoms with Crippen LogP contribution in [-0.2, 0) is 47.5 Å². The maximum Gasteiger partial charge on any atom is 0.248 e. The largest absolute Gasteiger partial charge is 0.363 e. The van der Waals surface area contributed by atoms with Gasteiger partial charge in [-0.25, -0.2) is 46.3 Å². The van der Waals surface area contributed by atoms with Crippen LogP contribution >= 0.6 is 69.6 Å². The van der Waals surface area contributed by atoms with Crippen LogP contribution in [0.15, 0.2) is 134 Å². The third-order valence-corrected chi connectivity index (χ3v) is 20.1. The lowest BCUT2D eigenvalue weighted by Crippen LogP contribution is -2.58. The van der Waals surface area contributed by atoms with Crippen molar-refractivity contribution in [2.45, 2.75) is 93.8 Å². The summed E-state index contributed by atoms with van der Waals surface area (Å²) in [5.74, 6) is -4.11. The Kier molecular flexibility index (Phi) is 20.5. The summed E-state index contributed by atoms with van der Waals surface area (Å²) in [4.78, 5) is 42.9. The second kappa shape index (κ2) is 29.8. The first-order valence-electron chi connectivity index (χ1n) is 32.4. The lowest BCUT2D eigenvalue weighted by Gasteiger charge is -2.49. The molecule has 0 aliphatic carbocycles. The first-order chi connectivity index (χ1) is 49.8. The molecule has 534 valence electrons. The van der Waals surface area contributed by atoms with Crippen molar-refractivity contribution in [2.75, 3.05) is 52.6 Å². The standard InChI is InChI=1S/C69H58Cl6F4N14O10/c1-34-80-66(92(84-34)50-26-40(70)14-16-42(50)72)64-62(58(60-52(100-64)30-98-68(102-60)36-10-5-3-6-11-36)90-28-48(82-86-90)38-22-44(76)56(74)45(77)23-38)96-32-54(94)88-18-9-19-89(21-20-88)55(95)33-97-63-59(91-29-49(83-87-91)39-24-46(78)57(75)47(79)25-39)61-53(31-99-69(103-61)37-12-7-4-8-13-37)101-65(63)67-81-35(2)85-93(67)51-27-41(71)15-17-43(51)73/h3-8,10-17,22-29,52-53,58-65,68-69H,9,18-21,30-33H2,1-2H3/t52-,53+,58+,59-,60+,61-,62-,63+,64-,65+,68+,69-. The Labute approximate surface area is 614 Å². The van der Waals surface area contributed by atoms with Gasteiger partial charge in [0, 0.05) is 58.5 Å². The van der Waals surface area contributed by atoms with Crippen molar-refractivity contribution in [3.63, 3.8) is 0 Å². The number of hydrogen-bond donors (Lipinski definition) is 0. The molecule has 0 spiro atoms. The lowest BCUT2D eigenvalue weighted by molar-refractivity contribution is -0.322. The van der Waals surface area contributed by atoms with Gasteiger partial charge in [-0.2, -0.15) is 10.2 Å². The van der Waals surface area contributed by atoms with Crippen molar-refractivity contribution in [3.05, 3.63) is 222 Å². The summed E-state index contributed by atoms with van der Waals surface area (Å²) in [6, 6.07) is 30.0. The van der Waals surface area contributed by atoms with Crippen LogP contribution in [-0.4, -0.2) is 170 Å². The Morgan fingerprint density at radius 3 is 1.31 bits per heavy atom. The van der Waals surface area contributed by atoms with Gasteiger partial charge in [-0.15, -0.1) is 10.2 Å². The first kappa shape index (κ1) is 70.6. The fraction of sp³-hybridized carbons (Fsp3) is 0.333. The molecule has 103 heavy (non-hydrogen) atoms. The van der Waals surface area contributed by atoms with Gasteiger partial charge in [0.15, 0.2) is 24.2 Å². The van der Waals surface area contributed by atoms with E-state index in [9.17, 15) is 0 Å². The molecule has 15 rings (SSSR count). The predicted octanol–water partition coefficient (Wildman–Crippen LogP) is 12.6. The summed E-state index contributed by atoms with van der Waals surface area (Å²) in [6.45, 7) is 2.51. The van der Waals surface area contributed by atoms with Crippen LogP contribution in [0.2, 0.25) is 30.1 Å². The van der Waals surface area contributed by atoms with E-state index in [4.69, 9.17) is 128 Å². The molecule has 9 heterocycles.